The van der Waals surface area contributed by atoms with Gasteiger partial charge in [0, 0.05) is 23.1 Å². The zero-order chi connectivity index (χ0) is 13.1. The Balaban J connectivity index is 2.15. The third kappa shape index (κ3) is 2.88. The molecule has 0 aliphatic carbocycles. The second-order valence-electron chi connectivity index (χ2n) is 3.66. The van der Waals surface area contributed by atoms with Crippen molar-refractivity contribution < 1.29 is 4.79 Å². The van der Waals surface area contributed by atoms with E-state index in [1.54, 1.807) is 18.5 Å². The first kappa shape index (κ1) is 13.0. The van der Waals surface area contributed by atoms with Gasteiger partial charge in [0.2, 0.25) is 0 Å². The lowest BCUT2D eigenvalue weighted by Crippen LogP contribution is -2.27. The van der Waals surface area contributed by atoms with Crippen LogP contribution in [0.3, 0.4) is 0 Å². The minimum absolute atomic E-state index is 0.169. The zero-order valence-electron chi connectivity index (χ0n) is 9.45. The summed E-state index contributed by atoms with van der Waals surface area (Å²) in [5.74, 6) is 0.389. The van der Waals surface area contributed by atoms with Gasteiger partial charge in [0.25, 0.3) is 5.91 Å². The van der Waals surface area contributed by atoms with Gasteiger partial charge in [-0.2, -0.15) is 0 Å². The van der Waals surface area contributed by atoms with Crippen LogP contribution < -0.4 is 5.32 Å². The van der Waals surface area contributed by atoms with Gasteiger partial charge in [0.1, 0.15) is 11.0 Å². The summed E-state index contributed by atoms with van der Waals surface area (Å²) in [6.07, 6.45) is 4.87. The van der Waals surface area contributed by atoms with Gasteiger partial charge in [0.05, 0.1) is 11.6 Å². The number of carbonyl (C=O) groups is 1. The molecule has 0 spiro atoms. The molecule has 1 unspecified atom stereocenters. The Morgan fingerprint density at radius 3 is 3.00 bits per heavy atom. The summed E-state index contributed by atoms with van der Waals surface area (Å²) in [5.41, 5.74) is 0.324. The van der Waals surface area contributed by atoms with E-state index in [0.29, 0.717) is 15.9 Å². The van der Waals surface area contributed by atoms with Crippen LogP contribution in [0.25, 0.3) is 0 Å². The molecule has 94 valence electrons. The number of hydrogen-bond acceptors (Lipinski definition) is 3. The van der Waals surface area contributed by atoms with Crippen molar-refractivity contribution >= 4 is 33.4 Å². The second kappa shape index (κ2) is 5.49. The van der Waals surface area contributed by atoms with Crippen molar-refractivity contribution in [2.24, 2.45) is 0 Å². The van der Waals surface area contributed by atoms with Gasteiger partial charge in [0.15, 0.2) is 0 Å². The highest BCUT2D eigenvalue weighted by molar-refractivity contribution is 9.10. The number of halogens is 2. The van der Waals surface area contributed by atoms with Crippen LogP contribution in [0, 0.1) is 0 Å². The third-order valence-corrected chi connectivity index (χ3v) is 3.06. The summed E-state index contributed by atoms with van der Waals surface area (Å²) >= 11 is 9.13. The number of aromatic nitrogens is 3. The molecule has 0 aliphatic heterocycles. The molecule has 0 aromatic carbocycles. The fourth-order valence-corrected chi connectivity index (χ4v) is 1.96. The fourth-order valence-electron chi connectivity index (χ4n) is 1.44. The largest absolute Gasteiger partial charge is 0.347 e. The van der Waals surface area contributed by atoms with Crippen molar-refractivity contribution in [3.05, 3.63) is 45.7 Å². The Morgan fingerprint density at radius 1 is 1.56 bits per heavy atom. The van der Waals surface area contributed by atoms with E-state index in [1.165, 1.54) is 6.20 Å². The lowest BCUT2D eigenvalue weighted by atomic mass is 10.2. The second-order valence-corrected chi connectivity index (χ2v) is 4.94. The molecule has 18 heavy (non-hydrogen) atoms. The van der Waals surface area contributed by atoms with E-state index in [2.05, 4.69) is 36.2 Å². The molecule has 2 aromatic rings. The molecular weight excluding hydrogens is 320 g/mol. The van der Waals surface area contributed by atoms with Crippen LogP contribution in [0.15, 0.2) is 29.1 Å². The highest BCUT2D eigenvalue weighted by atomic mass is 79.9. The van der Waals surface area contributed by atoms with Crippen molar-refractivity contribution in [1.82, 2.24) is 20.3 Å². The van der Waals surface area contributed by atoms with E-state index in [9.17, 15) is 4.79 Å². The first-order valence-corrected chi connectivity index (χ1v) is 6.36. The predicted molar refractivity (Wildman–Crippen MR) is 71.4 cm³/mol. The smallest absolute Gasteiger partial charge is 0.255 e. The van der Waals surface area contributed by atoms with Gasteiger partial charge in [-0.1, -0.05) is 11.6 Å². The van der Waals surface area contributed by atoms with Crippen molar-refractivity contribution in [2.75, 3.05) is 0 Å². The van der Waals surface area contributed by atoms with Gasteiger partial charge in [-0.15, -0.1) is 0 Å². The molecule has 7 heteroatoms. The number of nitrogens with one attached hydrogen (secondary N) is 2. The quantitative estimate of drug-likeness (QED) is 0.851. The Hall–Kier alpha value is -1.40. The number of carbonyl (C=O) groups excluding carboxylic acids is 1. The van der Waals surface area contributed by atoms with Crippen LogP contribution in [0.5, 0.6) is 0 Å². The van der Waals surface area contributed by atoms with Gasteiger partial charge >= 0.3 is 0 Å². The van der Waals surface area contributed by atoms with Crippen molar-refractivity contribution in [1.29, 1.82) is 0 Å². The Labute approximate surface area is 117 Å². The van der Waals surface area contributed by atoms with Gasteiger partial charge < -0.3 is 10.3 Å². The van der Waals surface area contributed by atoms with Crippen LogP contribution in [0.2, 0.25) is 5.15 Å². The molecule has 0 saturated carbocycles. The Bertz CT molecular complexity index is 558. The molecule has 2 N–H and O–H groups in total. The third-order valence-electron chi connectivity index (χ3n) is 2.33. The van der Waals surface area contributed by atoms with E-state index >= 15 is 0 Å². The number of amides is 1. The number of imidazole rings is 1. The molecule has 0 saturated heterocycles. The molecule has 5 nitrogen and oxygen atoms in total. The molecule has 2 aromatic heterocycles. The van der Waals surface area contributed by atoms with Crippen molar-refractivity contribution in [3.63, 3.8) is 0 Å². The molecule has 2 heterocycles. The molecule has 1 amide bonds. The summed E-state index contributed by atoms with van der Waals surface area (Å²) < 4.78 is 0.697. The first-order valence-electron chi connectivity index (χ1n) is 5.19. The lowest BCUT2D eigenvalue weighted by molar-refractivity contribution is 0.0938. The summed E-state index contributed by atoms with van der Waals surface area (Å²) in [6, 6.07) is 1.39. The molecule has 0 fully saturated rings. The van der Waals surface area contributed by atoms with Crippen LogP contribution in [0.1, 0.15) is 29.1 Å². The molecule has 0 radical (unpaired) electrons. The van der Waals surface area contributed by atoms with Crippen molar-refractivity contribution in [3.8, 4) is 0 Å². The van der Waals surface area contributed by atoms with Crippen LogP contribution in [-0.4, -0.2) is 20.9 Å². The predicted octanol–water partition coefficient (Wildman–Crippen LogP) is 2.71. The van der Waals surface area contributed by atoms with E-state index in [4.69, 9.17) is 11.6 Å². The highest BCUT2D eigenvalue weighted by Crippen LogP contribution is 2.18. The van der Waals surface area contributed by atoms with Gasteiger partial charge in [-0.3, -0.25) is 4.79 Å². The van der Waals surface area contributed by atoms with Crippen molar-refractivity contribution in [2.45, 2.75) is 13.0 Å². The number of hydrogen-bond donors (Lipinski definition) is 2. The maximum Gasteiger partial charge on any atom is 0.255 e. The molecule has 1 atom stereocenters. The summed E-state index contributed by atoms with van der Waals surface area (Å²) in [4.78, 5) is 22.9. The molecule has 0 bridgehead atoms. The van der Waals surface area contributed by atoms with E-state index in [0.717, 1.165) is 0 Å². The van der Waals surface area contributed by atoms with Crippen LogP contribution >= 0.6 is 27.5 Å². The number of rotatable bonds is 3. The van der Waals surface area contributed by atoms with Gasteiger partial charge in [-0.25, -0.2) is 9.97 Å². The standard InChI is InChI=1S/C11H10BrClN4O/c1-6(10-14-2-3-15-10)17-11(18)8-4-7(12)5-16-9(8)13/h2-6H,1H3,(H,14,15)(H,17,18). The van der Waals surface area contributed by atoms with E-state index < -0.39 is 0 Å². The maximum absolute atomic E-state index is 12.0. The number of H-pyrrole nitrogens is 1. The summed E-state index contributed by atoms with van der Waals surface area (Å²) in [6.45, 7) is 1.83. The molecule has 0 aliphatic rings. The van der Waals surface area contributed by atoms with Crippen LogP contribution in [0.4, 0.5) is 0 Å². The number of nitrogens with zero attached hydrogens (tertiary/aromatic N) is 2. The van der Waals surface area contributed by atoms with E-state index in [-0.39, 0.29) is 17.1 Å². The average molecular weight is 330 g/mol. The lowest BCUT2D eigenvalue weighted by Gasteiger charge is -2.12. The number of aromatic amines is 1. The average Bonchev–Trinajstić information content (AvgIpc) is 2.85. The monoisotopic (exact) mass is 328 g/mol. The minimum Gasteiger partial charge on any atom is -0.347 e. The zero-order valence-corrected chi connectivity index (χ0v) is 11.8. The Kier molecular flexibility index (Phi) is 3.98. The fraction of sp³-hybridized carbons (Fsp3) is 0.182. The highest BCUT2D eigenvalue weighted by Gasteiger charge is 2.16. The molecule has 2 rings (SSSR count). The first-order chi connectivity index (χ1) is 8.58. The topological polar surface area (TPSA) is 70.7 Å². The van der Waals surface area contributed by atoms with Crippen LogP contribution in [-0.2, 0) is 0 Å². The molecular formula is C11H10BrClN4O. The van der Waals surface area contributed by atoms with E-state index in [1.807, 2.05) is 6.92 Å². The normalized spacial score (nSPS) is 12.2. The SMILES string of the molecule is CC(NC(=O)c1cc(Br)cnc1Cl)c1ncc[nH]1. The minimum atomic E-state index is -0.294. The summed E-state index contributed by atoms with van der Waals surface area (Å²) in [5, 5.41) is 2.96. The summed E-state index contributed by atoms with van der Waals surface area (Å²) in [7, 11) is 0. The maximum atomic E-state index is 12.0. The van der Waals surface area contributed by atoms with Gasteiger partial charge in [-0.05, 0) is 28.9 Å². The Morgan fingerprint density at radius 2 is 2.33 bits per heavy atom. The number of pyridine rings is 1.